The number of carbonyl (C=O) groups excluding carboxylic acids is 2. The third-order valence-corrected chi connectivity index (χ3v) is 7.16. The summed E-state index contributed by atoms with van der Waals surface area (Å²) in [5, 5.41) is 17.5. The summed E-state index contributed by atoms with van der Waals surface area (Å²) in [5.74, 6) is 2.01. The summed E-state index contributed by atoms with van der Waals surface area (Å²) in [7, 11) is 1.71. The molecule has 0 aromatic heterocycles. The molecular weight excluding hydrogens is 476 g/mol. The molecule has 1 aromatic rings. The summed E-state index contributed by atoms with van der Waals surface area (Å²) in [6, 6.07) is 7.19. The lowest BCUT2D eigenvalue weighted by molar-refractivity contribution is -0.105. The van der Waals surface area contributed by atoms with E-state index in [4.69, 9.17) is 9.84 Å². The Labute approximate surface area is 232 Å². The highest BCUT2D eigenvalue weighted by Gasteiger charge is 2.23. The minimum atomic E-state index is -0.233. The molecule has 1 atom stereocenters. The standard InChI is InChI=1S/C25H42O2.C4H6O2.C4H6O/c1-4-6-7-8-20-11-14-24(15-12-20)25-16-13-21(17-23(25)5-2)9-10-22(18-26)19-27-3;1-4(2-5)3-6;1-4(2)3-5/h13,16-17,20,22,24,26H,4-12,14-15,18-19H2,1-3H3;2,6H,1,3H2;3H,1H2,2H3. The summed E-state index contributed by atoms with van der Waals surface area (Å²) in [6.45, 7) is 13.4. The van der Waals surface area contributed by atoms with Gasteiger partial charge in [-0.1, -0.05) is 70.9 Å². The molecule has 0 spiro atoms. The van der Waals surface area contributed by atoms with E-state index in [9.17, 15) is 14.7 Å². The lowest BCUT2D eigenvalue weighted by atomic mass is 9.75. The van der Waals surface area contributed by atoms with Crippen LogP contribution in [-0.4, -0.2) is 49.7 Å². The molecule has 1 fully saturated rings. The molecule has 2 N–H and O–H groups in total. The Balaban J connectivity index is 0.00000104. The maximum atomic E-state index is 9.48. The minimum absolute atomic E-state index is 0.216. The van der Waals surface area contributed by atoms with Gasteiger partial charge in [-0.3, -0.25) is 9.59 Å². The summed E-state index contributed by atoms with van der Waals surface area (Å²) >= 11 is 0. The van der Waals surface area contributed by atoms with Crippen LogP contribution in [-0.2, 0) is 27.2 Å². The first-order chi connectivity index (χ1) is 18.3. The van der Waals surface area contributed by atoms with Crippen molar-refractivity contribution in [3.63, 3.8) is 0 Å². The number of aryl methyl sites for hydroxylation is 2. The van der Waals surface area contributed by atoms with E-state index in [0.717, 1.165) is 37.4 Å². The summed E-state index contributed by atoms with van der Waals surface area (Å²) in [5.41, 5.74) is 5.37. The van der Waals surface area contributed by atoms with Crippen molar-refractivity contribution >= 4 is 12.6 Å². The SMILES string of the molecule is C=C(C)C=O.C=C(C=O)CO.CCCCCC1CCC(c2ccc(CCC(CO)COC)cc2CC)CC1. The third kappa shape index (κ3) is 16.0. The van der Waals surface area contributed by atoms with E-state index in [1.54, 1.807) is 25.2 Å². The van der Waals surface area contributed by atoms with Gasteiger partial charge in [0.1, 0.15) is 12.6 Å². The second kappa shape index (κ2) is 22.9. The Hall–Kier alpha value is -2.08. The summed E-state index contributed by atoms with van der Waals surface area (Å²) < 4.78 is 5.21. The van der Waals surface area contributed by atoms with Crippen LogP contribution in [0, 0.1) is 11.8 Å². The van der Waals surface area contributed by atoms with Gasteiger partial charge < -0.3 is 14.9 Å². The van der Waals surface area contributed by atoms with Gasteiger partial charge >= 0.3 is 0 Å². The van der Waals surface area contributed by atoms with Crippen molar-refractivity contribution in [3.05, 3.63) is 59.2 Å². The fourth-order valence-electron chi connectivity index (χ4n) is 4.84. The van der Waals surface area contributed by atoms with Crippen LogP contribution < -0.4 is 0 Å². The first-order valence-electron chi connectivity index (χ1n) is 14.4. The Bertz CT molecular complexity index is 793. The number of ether oxygens (including phenoxy) is 1. The van der Waals surface area contributed by atoms with Gasteiger partial charge in [0, 0.05) is 25.2 Å². The third-order valence-electron chi connectivity index (χ3n) is 7.16. The average molecular weight is 531 g/mol. The van der Waals surface area contributed by atoms with Crippen LogP contribution in [0.25, 0.3) is 0 Å². The Morgan fingerprint density at radius 1 is 1.08 bits per heavy atom. The number of hydrogen-bond donors (Lipinski definition) is 2. The predicted octanol–water partition coefficient (Wildman–Crippen LogP) is 6.79. The normalized spacial score (nSPS) is 17.2. The molecule has 2 rings (SSSR count). The highest BCUT2D eigenvalue weighted by atomic mass is 16.5. The molecule has 0 heterocycles. The van der Waals surface area contributed by atoms with Gasteiger partial charge in [-0.25, -0.2) is 0 Å². The van der Waals surface area contributed by atoms with E-state index in [1.165, 1.54) is 56.9 Å². The number of hydrogen-bond acceptors (Lipinski definition) is 5. The molecule has 0 bridgehead atoms. The van der Waals surface area contributed by atoms with Crippen molar-refractivity contribution < 1.29 is 24.5 Å². The topological polar surface area (TPSA) is 83.8 Å². The fraction of sp³-hybridized carbons (Fsp3) is 0.636. The average Bonchev–Trinajstić information content (AvgIpc) is 2.95. The first kappa shape index (κ1) is 35.9. The molecule has 1 aliphatic carbocycles. The molecule has 5 nitrogen and oxygen atoms in total. The second-order valence-electron chi connectivity index (χ2n) is 10.5. The van der Waals surface area contributed by atoms with E-state index >= 15 is 0 Å². The molecule has 0 aliphatic heterocycles. The number of methoxy groups -OCH3 is 1. The fourth-order valence-corrected chi connectivity index (χ4v) is 4.84. The molecule has 1 aromatic carbocycles. The van der Waals surface area contributed by atoms with Crippen molar-refractivity contribution in [1.29, 1.82) is 0 Å². The lowest BCUT2D eigenvalue weighted by Gasteiger charge is -2.30. The predicted molar refractivity (Wildman–Crippen MR) is 159 cm³/mol. The van der Waals surface area contributed by atoms with Crippen LogP contribution >= 0.6 is 0 Å². The highest BCUT2D eigenvalue weighted by Crippen LogP contribution is 2.39. The quantitative estimate of drug-likeness (QED) is 0.148. The molecule has 1 aliphatic rings. The van der Waals surface area contributed by atoms with Gasteiger partial charge in [0.15, 0.2) is 0 Å². The maximum Gasteiger partial charge on any atom is 0.147 e. The number of aldehydes is 2. The summed E-state index contributed by atoms with van der Waals surface area (Å²) in [4.78, 5) is 18.9. The highest BCUT2D eigenvalue weighted by molar-refractivity contribution is 5.72. The smallest absolute Gasteiger partial charge is 0.147 e. The molecule has 1 unspecified atom stereocenters. The maximum absolute atomic E-state index is 9.48. The minimum Gasteiger partial charge on any atom is -0.396 e. The largest absolute Gasteiger partial charge is 0.396 e. The van der Waals surface area contributed by atoms with Gasteiger partial charge in [0.2, 0.25) is 0 Å². The van der Waals surface area contributed by atoms with E-state index in [0.29, 0.717) is 18.5 Å². The van der Waals surface area contributed by atoms with Crippen LogP contribution in [0.1, 0.15) is 101 Å². The Morgan fingerprint density at radius 2 is 1.74 bits per heavy atom. The molecule has 216 valence electrons. The van der Waals surface area contributed by atoms with Gasteiger partial charge in [-0.05, 0) is 86.0 Å². The molecular formula is C33H54O5. The molecule has 5 heteroatoms. The molecule has 1 saturated carbocycles. The zero-order valence-corrected chi connectivity index (χ0v) is 24.6. The van der Waals surface area contributed by atoms with Crippen LogP contribution in [0.4, 0.5) is 0 Å². The number of aliphatic hydroxyl groups excluding tert-OH is 2. The van der Waals surface area contributed by atoms with Gasteiger partial charge in [-0.15, -0.1) is 0 Å². The Kier molecular flexibility index (Phi) is 21.6. The van der Waals surface area contributed by atoms with E-state index in [-0.39, 0.29) is 24.7 Å². The number of allylic oxidation sites excluding steroid dienone is 1. The zero-order chi connectivity index (χ0) is 28.8. The first-order valence-corrected chi connectivity index (χ1v) is 14.4. The number of unbranched alkanes of at least 4 members (excludes halogenated alkanes) is 2. The van der Waals surface area contributed by atoms with Crippen molar-refractivity contribution in [3.8, 4) is 0 Å². The Morgan fingerprint density at radius 3 is 2.18 bits per heavy atom. The second-order valence-corrected chi connectivity index (χ2v) is 10.5. The number of rotatable bonds is 15. The number of aliphatic hydroxyl groups is 2. The van der Waals surface area contributed by atoms with Crippen LogP contribution in [0.3, 0.4) is 0 Å². The van der Waals surface area contributed by atoms with Gasteiger partial charge in [-0.2, -0.15) is 0 Å². The molecule has 0 amide bonds. The van der Waals surface area contributed by atoms with E-state index in [1.807, 2.05) is 0 Å². The van der Waals surface area contributed by atoms with Crippen molar-refractivity contribution in [2.45, 2.75) is 97.3 Å². The van der Waals surface area contributed by atoms with E-state index in [2.05, 4.69) is 45.2 Å². The van der Waals surface area contributed by atoms with Crippen LogP contribution in [0.5, 0.6) is 0 Å². The molecule has 0 saturated heterocycles. The van der Waals surface area contributed by atoms with Crippen molar-refractivity contribution in [2.75, 3.05) is 26.9 Å². The van der Waals surface area contributed by atoms with Gasteiger partial charge in [0.05, 0.1) is 13.2 Å². The van der Waals surface area contributed by atoms with Crippen molar-refractivity contribution in [1.82, 2.24) is 0 Å². The zero-order valence-electron chi connectivity index (χ0n) is 24.6. The molecule has 38 heavy (non-hydrogen) atoms. The number of carbonyl (C=O) groups is 2. The monoisotopic (exact) mass is 530 g/mol. The van der Waals surface area contributed by atoms with E-state index < -0.39 is 0 Å². The van der Waals surface area contributed by atoms with Crippen LogP contribution in [0.2, 0.25) is 0 Å². The van der Waals surface area contributed by atoms with Crippen molar-refractivity contribution in [2.24, 2.45) is 11.8 Å². The molecule has 0 radical (unpaired) electrons. The van der Waals surface area contributed by atoms with Crippen LogP contribution in [0.15, 0.2) is 42.5 Å². The summed E-state index contributed by atoms with van der Waals surface area (Å²) in [6.07, 6.45) is 15.6. The lowest BCUT2D eigenvalue weighted by Crippen LogP contribution is -2.15. The number of benzene rings is 1. The van der Waals surface area contributed by atoms with Gasteiger partial charge in [0.25, 0.3) is 0 Å².